The highest BCUT2D eigenvalue weighted by molar-refractivity contribution is 5.73. The predicted octanol–water partition coefficient (Wildman–Crippen LogP) is 1.82. The van der Waals surface area contributed by atoms with Gasteiger partial charge in [-0.1, -0.05) is 34.1 Å². The molecule has 3 N–H and O–H groups in total. The molecule has 5 heteroatoms. The average Bonchev–Trinajstić information content (AvgIpc) is 2.28. The van der Waals surface area contributed by atoms with Crippen LogP contribution in [0.4, 0.5) is 0 Å². The van der Waals surface area contributed by atoms with E-state index >= 15 is 0 Å². The minimum Gasteiger partial charge on any atom is -0.481 e. The summed E-state index contributed by atoms with van der Waals surface area (Å²) < 4.78 is 0. The lowest BCUT2D eigenvalue weighted by atomic mass is 10.00. The van der Waals surface area contributed by atoms with Crippen LogP contribution in [0.2, 0.25) is 0 Å². The van der Waals surface area contributed by atoms with Crippen molar-refractivity contribution in [3.63, 3.8) is 0 Å². The van der Waals surface area contributed by atoms with Gasteiger partial charge in [-0.2, -0.15) is 0 Å². The molecule has 0 aromatic heterocycles. The van der Waals surface area contributed by atoms with E-state index in [9.17, 15) is 9.59 Å². The fraction of sp³-hybridized carbons (Fsp3) is 0.833. The third kappa shape index (κ3) is 8.68. The first-order valence-corrected chi connectivity index (χ1v) is 5.94. The number of carbonyl (C=O) groups is 2. The van der Waals surface area contributed by atoms with Crippen LogP contribution < -0.4 is 5.32 Å². The van der Waals surface area contributed by atoms with Crippen LogP contribution in [-0.2, 0) is 9.59 Å². The molecule has 0 fully saturated rings. The molecule has 3 atom stereocenters. The molecule has 0 bridgehead atoms. The van der Waals surface area contributed by atoms with Crippen molar-refractivity contribution >= 4 is 11.9 Å². The van der Waals surface area contributed by atoms with Gasteiger partial charge in [-0.25, -0.2) is 0 Å². The Balaban J connectivity index is 0. The summed E-state index contributed by atoms with van der Waals surface area (Å²) in [4.78, 5) is 20.4. The largest absolute Gasteiger partial charge is 0.481 e. The molecule has 5 nitrogen and oxygen atoms in total. The summed E-state index contributed by atoms with van der Waals surface area (Å²) in [5, 5.41) is 19.5. The molecule has 0 spiro atoms. The predicted molar refractivity (Wildman–Crippen MR) is 67.0 cm³/mol. The fourth-order valence-corrected chi connectivity index (χ4v) is 1.06. The second-order valence-corrected chi connectivity index (χ2v) is 4.14. The molecule has 0 aliphatic carbocycles. The lowest BCUT2D eigenvalue weighted by molar-refractivity contribution is -0.141. The Morgan fingerprint density at radius 1 is 1.06 bits per heavy atom. The summed E-state index contributed by atoms with van der Waals surface area (Å²) in [5.74, 6) is -1.46. The van der Waals surface area contributed by atoms with Gasteiger partial charge in [0.2, 0.25) is 0 Å². The molecular formula is C12H25NO4. The molecule has 0 aliphatic heterocycles. The normalized spacial score (nSPS) is 15.1. The van der Waals surface area contributed by atoms with E-state index in [0.29, 0.717) is 0 Å². The standard InChI is InChI=1S/C7H15NO2.C5H10O2/c1-4-5(2)6(8-3)7(9)10;1-3-4(2)5(6)7/h5-6,8H,4H2,1-3H3,(H,9,10);4H,3H2,1-2H3,(H,6,7). The molecule has 0 radical (unpaired) electrons. The third-order valence-corrected chi connectivity index (χ3v) is 2.82. The van der Waals surface area contributed by atoms with Crippen LogP contribution in [0.1, 0.15) is 40.5 Å². The van der Waals surface area contributed by atoms with E-state index in [0.717, 1.165) is 12.8 Å². The lowest BCUT2D eigenvalue weighted by Gasteiger charge is -2.16. The number of nitrogens with one attached hydrogen (secondary N) is 1. The summed E-state index contributed by atoms with van der Waals surface area (Å²) in [7, 11) is 1.67. The maximum Gasteiger partial charge on any atom is 0.320 e. The highest BCUT2D eigenvalue weighted by Crippen LogP contribution is 2.06. The SMILES string of the molecule is CCC(C)C(=O)O.CCC(C)C(NC)C(=O)O. The molecule has 0 saturated carbocycles. The molecule has 0 rings (SSSR count). The van der Waals surface area contributed by atoms with E-state index in [1.54, 1.807) is 14.0 Å². The smallest absolute Gasteiger partial charge is 0.320 e. The number of rotatable bonds is 6. The van der Waals surface area contributed by atoms with Gasteiger partial charge in [0.15, 0.2) is 0 Å². The number of carboxylic acids is 2. The van der Waals surface area contributed by atoms with Crippen molar-refractivity contribution in [2.75, 3.05) is 7.05 Å². The first-order valence-electron chi connectivity index (χ1n) is 5.94. The van der Waals surface area contributed by atoms with Gasteiger partial charge in [-0.3, -0.25) is 9.59 Å². The van der Waals surface area contributed by atoms with Crippen molar-refractivity contribution in [1.82, 2.24) is 5.32 Å². The number of hydrogen-bond donors (Lipinski definition) is 3. The number of aliphatic carboxylic acids is 2. The number of carboxylic acid groups (broad SMARTS) is 2. The van der Waals surface area contributed by atoms with Crippen LogP contribution in [0.25, 0.3) is 0 Å². The number of hydrogen-bond acceptors (Lipinski definition) is 3. The quantitative estimate of drug-likeness (QED) is 0.666. The molecule has 17 heavy (non-hydrogen) atoms. The number of likely N-dealkylation sites (N-methyl/N-ethyl adjacent to an activating group) is 1. The second-order valence-electron chi connectivity index (χ2n) is 4.14. The maximum absolute atomic E-state index is 10.5. The average molecular weight is 247 g/mol. The van der Waals surface area contributed by atoms with Crippen molar-refractivity contribution in [2.45, 2.75) is 46.6 Å². The Morgan fingerprint density at radius 2 is 1.53 bits per heavy atom. The summed E-state index contributed by atoms with van der Waals surface area (Å²) in [6.07, 6.45) is 1.60. The van der Waals surface area contributed by atoms with Gasteiger partial charge in [0.05, 0.1) is 5.92 Å². The Hall–Kier alpha value is -1.10. The summed E-state index contributed by atoms with van der Waals surface area (Å²) in [5.41, 5.74) is 0. The molecule has 0 heterocycles. The topological polar surface area (TPSA) is 86.6 Å². The van der Waals surface area contributed by atoms with Crippen LogP contribution in [0, 0.1) is 11.8 Å². The first kappa shape index (κ1) is 18.3. The van der Waals surface area contributed by atoms with Gasteiger partial charge in [0.1, 0.15) is 6.04 Å². The zero-order valence-electron chi connectivity index (χ0n) is 11.4. The highest BCUT2D eigenvalue weighted by Gasteiger charge is 2.20. The summed E-state index contributed by atoms with van der Waals surface area (Å²) >= 11 is 0. The summed E-state index contributed by atoms with van der Waals surface area (Å²) in [6, 6.07) is -0.398. The zero-order valence-corrected chi connectivity index (χ0v) is 11.4. The van der Waals surface area contributed by atoms with Crippen molar-refractivity contribution in [2.24, 2.45) is 11.8 Å². The Labute approximate surface area is 103 Å². The van der Waals surface area contributed by atoms with E-state index in [1.165, 1.54) is 0 Å². The molecule has 0 aliphatic rings. The molecule has 0 saturated heterocycles. The molecule has 0 amide bonds. The summed E-state index contributed by atoms with van der Waals surface area (Å²) in [6.45, 7) is 7.47. The van der Waals surface area contributed by atoms with Gasteiger partial charge in [0.25, 0.3) is 0 Å². The van der Waals surface area contributed by atoms with Crippen molar-refractivity contribution in [1.29, 1.82) is 0 Å². The van der Waals surface area contributed by atoms with Crippen LogP contribution >= 0.6 is 0 Å². The zero-order chi connectivity index (χ0) is 14.0. The molecule has 0 aromatic rings. The van der Waals surface area contributed by atoms with Crippen LogP contribution in [-0.4, -0.2) is 35.2 Å². The first-order chi connectivity index (χ1) is 7.81. The third-order valence-electron chi connectivity index (χ3n) is 2.82. The second kappa shape index (κ2) is 10.1. The maximum atomic E-state index is 10.5. The molecule has 0 aromatic carbocycles. The van der Waals surface area contributed by atoms with E-state index in [1.807, 2.05) is 20.8 Å². The minimum atomic E-state index is -0.767. The Bertz CT molecular complexity index is 231. The van der Waals surface area contributed by atoms with Gasteiger partial charge in [-0.05, 0) is 19.4 Å². The van der Waals surface area contributed by atoms with Gasteiger partial charge >= 0.3 is 11.9 Å². The lowest BCUT2D eigenvalue weighted by Crippen LogP contribution is -2.39. The highest BCUT2D eigenvalue weighted by atomic mass is 16.4. The monoisotopic (exact) mass is 247 g/mol. The van der Waals surface area contributed by atoms with Gasteiger partial charge in [-0.15, -0.1) is 0 Å². The Kier molecular flexibility index (Phi) is 10.8. The molecular weight excluding hydrogens is 222 g/mol. The van der Waals surface area contributed by atoms with Crippen LogP contribution in [0.3, 0.4) is 0 Å². The van der Waals surface area contributed by atoms with Crippen LogP contribution in [0.5, 0.6) is 0 Å². The van der Waals surface area contributed by atoms with E-state index < -0.39 is 18.0 Å². The van der Waals surface area contributed by atoms with Crippen molar-refractivity contribution in [3.8, 4) is 0 Å². The van der Waals surface area contributed by atoms with Gasteiger partial charge < -0.3 is 15.5 Å². The fourth-order valence-electron chi connectivity index (χ4n) is 1.06. The van der Waals surface area contributed by atoms with Gasteiger partial charge in [0, 0.05) is 0 Å². The van der Waals surface area contributed by atoms with E-state index in [-0.39, 0.29) is 11.8 Å². The van der Waals surface area contributed by atoms with Crippen molar-refractivity contribution in [3.05, 3.63) is 0 Å². The Morgan fingerprint density at radius 3 is 1.59 bits per heavy atom. The van der Waals surface area contributed by atoms with E-state index in [4.69, 9.17) is 10.2 Å². The molecule has 3 unspecified atom stereocenters. The van der Waals surface area contributed by atoms with Crippen LogP contribution in [0.15, 0.2) is 0 Å². The molecule has 102 valence electrons. The van der Waals surface area contributed by atoms with E-state index in [2.05, 4.69) is 5.32 Å². The minimum absolute atomic E-state index is 0.181. The van der Waals surface area contributed by atoms with Crippen molar-refractivity contribution < 1.29 is 19.8 Å².